The van der Waals surface area contributed by atoms with E-state index in [9.17, 15) is 0 Å². The van der Waals surface area contributed by atoms with E-state index in [1.165, 1.54) is 41.7 Å². The zero-order valence-corrected chi connectivity index (χ0v) is 16.0. The van der Waals surface area contributed by atoms with E-state index in [2.05, 4.69) is 67.1 Å². The van der Waals surface area contributed by atoms with Crippen molar-refractivity contribution in [3.05, 3.63) is 35.7 Å². The molecule has 2 aromatic heterocycles. The highest BCUT2D eigenvalue weighted by Crippen LogP contribution is 2.33. The van der Waals surface area contributed by atoms with Gasteiger partial charge in [-0.25, -0.2) is 4.98 Å². The number of anilines is 1. The zero-order chi connectivity index (χ0) is 17.2. The molecule has 0 radical (unpaired) electrons. The minimum Gasteiger partial charge on any atom is -0.341 e. The van der Waals surface area contributed by atoms with Crippen LogP contribution in [0.25, 0.3) is 5.69 Å². The quantitative estimate of drug-likeness (QED) is 0.680. The van der Waals surface area contributed by atoms with Crippen LogP contribution in [0.2, 0.25) is 0 Å². The molecule has 1 aromatic carbocycles. The van der Waals surface area contributed by atoms with E-state index >= 15 is 0 Å². The highest BCUT2D eigenvalue weighted by atomic mass is 32.2. The summed E-state index contributed by atoms with van der Waals surface area (Å²) in [6, 6.07) is 8.50. The molecule has 25 heavy (non-hydrogen) atoms. The van der Waals surface area contributed by atoms with Crippen LogP contribution in [0.5, 0.6) is 0 Å². The van der Waals surface area contributed by atoms with Crippen LogP contribution in [0.1, 0.15) is 31.2 Å². The van der Waals surface area contributed by atoms with E-state index in [1.54, 1.807) is 0 Å². The maximum atomic E-state index is 4.56. The Labute approximate surface area is 155 Å². The minimum atomic E-state index is 0.838. The summed E-state index contributed by atoms with van der Waals surface area (Å²) in [6.07, 6.45) is 3.26. The zero-order valence-electron chi connectivity index (χ0n) is 14.3. The third-order valence-corrected chi connectivity index (χ3v) is 5.98. The van der Waals surface area contributed by atoms with E-state index in [1.807, 2.05) is 0 Å². The third-order valence-electron chi connectivity index (χ3n) is 4.24. The standard InChI is InChI=1S/C17H20N6S2/c1-3-14-18-17(25-21-14)24-16-20-19-15(22-10-4-5-11-22)23(16)13-8-6-12(2)7-9-13/h6-9H,3-5,10-11H2,1-2H3. The minimum absolute atomic E-state index is 0.838. The van der Waals surface area contributed by atoms with Crippen molar-refractivity contribution in [2.24, 2.45) is 0 Å². The molecule has 6 nitrogen and oxygen atoms in total. The molecule has 0 saturated carbocycles. The summed E-state index contributed by atoms with van der Waals surface area (Å²) in [5, 5.41) is 9.80. The number of nitrogens with zero attached hydrogens (tertiary/aromatic N) is 6. The Kier molecular flexibility index (Phi) is 4.72. The van der Waals surface area contributed by atoms with Crippen LogP contribution in [-0.2, 0) is 6.42 Å². The lowest BCUT2D eigenvalue weighted by molar-refractivity contribution is 0.840. The van der Waals surface area contributed by atoms with Crippen LogP contribution in [0.15, 0.2) is 33.8 Å². The van der Waals surface area contributed by atoms with E-state index in [4.69, 9.17) is 0 Å². The van der Waals surface area contributed by atoms with Gasteiger partial charge < -0.3 is 4.90 Å². The molecule has 1 fully saturated rings. The van der Waals surface area contributed by atoms with Gasteiger partial charge in [0.05, 0.1) is 5.69 Å². The average molecular weight is 373 g/mol. The van der Waals surface area contributed by atoms with Gasteiger partial charge in [-0.1, -0.05) is 24.6 Å². The first kappa shape index (κ1) is 16.5. The molecule has 0 atom stereocenters. The molecule has 0 amide bonds. The molecule has 1 aliphatic heterocycles. The normalized spacial score (nSPS) is 14.4. The lowest BCUT2D eigenvalue weighted by Gasteiger charge is -2.18. The van der Waals surface area contributed by atoms with Crippen molar-refractivity contribution in [2.75, 3.05) is 18.0 Å². The molecule has 4 rings (SSSR count). The number of hydrogen-bond acceptors (Lipinski definition) is 7. The first-order chi connectivity index (χ1) is 12.2. The van der Waals surface area contributed by atoms with E-state index in [0.717, 1.165) is 46.5 Å². The Hall–Kier alpha value is -1.93. The molecule has 3 heterocycles. The van der Waals surface area contributed by atoms with Crippen LogP contribution >= 0.6 is 23.3 Å². The van der Waals surface area contributed by atoms with Gasteiger partial charge in [0.2, 0.25) is 11.1 Å². The molecule has 0 spiro atoms. The summed E-state index contributed by atoms with van der Waals surface area (Å²) < 4.78 is 7.42. The molecule has 0 aliphatic carbocycles. The molecular formula is C17H20N6S2. The van der Waals surface area contributed by atoms with Crippen LogP contribution < -0.4 is 4.90 Å². The van der Waals surface area contributed by atoms with E-state index < -0.39 is 0 Å². The van der Waals surface area contributed by atoms with E-state index in [-0.39, 0.29) is 0 Å². The van der Waals surface area contributed by atoms with Gasteiger partial charge in [-0.15, -0.1) is 10.2 Å². The fourth-order valence-electron chi connectivity index (χ4n) is 2.87. The fourth-order valence-corrected chi connectivity index (χ4v) is 4.52. The number of aromatic nitrogens is 5. The Morgan fingerprint density at radius 3 is 2.56 bits per heavy atom. The van der Waals surface area contributed by atoms with Crippen LogP contribution in [0.3, 0.4) is 0 Å². The van der Waals surface area contributed by atoms with Crippen LogP contribution in [0.4, 0.5) is 5.95 Å². The van der Waals surface area contributed by atoms with Gasteiger partial charge in [-0.3, -0.25) is 4.57 Å². The molecule has 1 saturated heterocycles. The highest BCUT2D eigenvalue weighted by molar-refractivity contribution is 8.00. The predicted octanol–water partition coefficient (Wildman–Crippen LogP) is 3.74. The number of rotatable bonds is 5. The Morgan fingerprint density at radius 1 is 1.12 bits per heavy atom. The van der Waals surface area contributed by atoms with Crippen molar-refractivity contribution in [3.8, 4) is 5.69 Å². The van der Waals surface area contributed by atoms with Crippen molar-refractivity contribution >= 4 is 29.2 Å². The number of aryl methyl sites for hydroxylation is 2. The lowest BCUT2D eigenvalue weighted by Crippen LogP contribution is -2.22. The Morgan fingerprint density at radius 2 is 1.88 bits per heavy atom. The number of benzene rings is 1. The van der Waals surface area contributed by atoms with Gasteiger partial charge in [0.1, 0.15) is 5.82 Å². The monoisotopic (exact) mass is 372 g/mol. The van der Waals surface area contributed by atoms with Gasteiger partial charge in [0.25, 0.3) is 0 Å². The van der Waals surface area contributed by atoms with Crippen molar-refractivity contribution in [2.45, 2.75) is 42.6 Å². The molecule has 0 N–H and O–H groups in total. The lowest BCUT2D eigenvalue weighted by atomic mass is 10.2. The second-order valence-electron chi connectivity index (χ2n) is 6.08. The second-order valence-corrected chi connectivity index (χ2v) is 8.05. The highest BCUT2D eigenvalue weighted by Gasteiger charge is 2.23. The summed E-state index contributed by atoms with van der Waals surface area (Å²) in [4.78, 5) is 6.87. The molecule has 3 aromatic rings. The molecular weight excluding hydrogens is 352 g/mol. The van der Waals surface area contributed by atoms with Crippen LogP contribution in [0, 0.1) is 6.92 Å². The molecule has 0 unspecified atom stereocenters. The average Bonchev–Trinajstić information content (AvgIpc) is 3.36. The SMILES string of the molecule is CCc1nsc(Sc2nnc(N3CCCC3)n2-c2ccc(C)cc2)n1. The molecule has 0 bridgehead atoms. The van der Waals surface area contributed by atoms with E-state index in [0.29, 0.717) is 0 Å². The van der Waals surface area contributed by atoms with Crippen molar-refractivity contribution < 1.29 is 0 Å². The van der Waals surface area contributed by atoms with Gasteiger partial charge >= 0.3 is 0 Å². The van der Waals surface area contributed by atoms with Crippen molar-refractivity contribution in [3.63, 3.8) is 0 Å². The second kappa shape index (κ2) is 7.13. The summed E-state index contributed by atoms with van der Waals surface area (Å²) in [6.45, 7) is 6.23. The fraction of sp³-hybridized carbons (Fsp3) is 0.412. The summed E-state index contributed by atoms with van der Waals surface area (Å²) in [7, 11) is 0. The number of hydrogen-bond donors (Lipinski definition) is 0. The summed E-state index contributed by atoms with van der Waals surface area (Å²) >= 11 is 2.96. The summed E-state index contributed by atoms with van der Waals surface area (Å²) in [5.41, 5.74) is 2.32. The first-order valence-corrected chi connectivity index (χ1v) is 10.1. The van der Waals surface area contributed by atoms with Gasteiger partial charge in [0.15, 0.2) is 4.34 Å². The van der Waals surface area contributed by atoms with Gasteiger partial charge in [-0.2, -0.15) is 4.37 Å². The van der Waals surface area contributed by atoms with Gasteiger partial charge in [0, 0.05) is 19.5 Å². The van der Waals surface area contributed by atoms with Crippen LogP contribution in [-0.4, -0.2) is 37.2 Å². The molecule has 1 aliphatic rings. The predicted molar refractivity (Wildman–Crippen MR) is 101 cm³/mol. The van der Waals surface area contributed by atoms with Crippen molar-refractivity contribution in [1.82, 2.24) is 24.1 Å². The Balaban J connectivity index is 1.73. The third kappa shape index (κ3) is 3.41. The molecule has 130 valence electrons. The maximum Gasteiger partial charge on any atom is 0.232 e. The summed E-state index contributed by atoms with van der Waals surface area (Å²) in [5.74, 6) is 1.80. The topological polar surface area (TPSA) is 59.7 Å². The van der Waals surface area contributed by atoms with Crippen molar-refractivity contribution in [1.29, 1.82) is 0 Å². The first-order valence-electron chi connectivity index (χ1n) is 8.52. The largest absolute Gasteiger partial charge is 0.341 e. The Bertz CT molecular complexity index is 848. The molecule has 8 heteroatoms. The van der Waals surface area contributed by atoms with Gasteiger partial charge in [-0.05, 0) is 55.2 Å². The smallest absolute Gasteiger partial charge is 0.232 e. The maximum absolute atomic E-state index is 4.56.